The van der Waals surface area contributed by atoms with Gasteiger partial charge in [0.05, 0.1) is 6.61 Å². The normalized spacial score (nSPS) is 12.6. The smallest absolute Gasteiger partial charge is 0.265 e. The van der Waals surface area contributed by atoms with Gasteiger partial charge in [-0.15, -0.1) is 0 Å². The highest BCUT2D eigenvalue weighted by molar-refractivity contribution is 5.94. The fraction of sp³-hybridized carbons (Fsp3) is 0.435. The lowest BCUT2D eigenvalue weighted by molar-refractivity contribution is -0.122. The zero-order chi connectivity index (χ0) is 20.0. The second kappa shape index (κ2) is 8.94. The van der Waals surface area contributed by atoms with E-state index in [4.69, 9.17) is 9.47 Å². The lowest BCUT2D eigenvalue weighted by atomic mass is 9.87. The van der Waals surface area contributed by atoms with E-state index in [1.807, 2.05) is 48.5 Å². The first-order valence-electron chi connectivity index (χ1n) is 9.46. The molecule has 0 bridgehead atoms. The van der Waals surface area contributed by atoms with Gasteiger partial charge >= 0.3 is 0 Å². The van der Waals surface area contributed by atoms with Crippen LogP contribution < -0.4 is 14.8 Å². The topological polar surface area (TPSA) is 47.6 Å². The number of rotatable bonds is 7. The van der Waals surface area contributed by atoms with Crippen LogP contribution in [-0.4, -0.2) is 18.6 Å². The van der Waals surface area contributed by atoms with E-state index in [9.17, 15) is 4.79 Å². The van der Waals surface area contributed by atoms with Gasteiger partial charge < -0.3 is 14.8 Å². The first-order chi connectivity index (χ1) is 12.6. The van der Waals surface area contributed by atoms with Gasteiger partial charge in [0.25, 0.3) is 5.91 Å². The van der Waals surface area contributed by atoms with Gasteiger partial charge in [0.2, 0.25) is 0 Å². The highest BCUT2D eigenvalue weighted by Gasteiger charge is 2.17. The van der Waals surface area contributed by atoms with Crippen LogP contribution in [0.5, 0.6) is 11.5 Å². The Morgan fingerprint density at radius 2 is 1.48 bits per heavy atom. The summed E-state index contributed by atoms with van der Waals surface area (Å²) in [6.45, 7) is 13.1. The molecule has 2 aromatic rings. The number of amides is 1. The van der Waals surface area contributed by atoms with E-state index in [0.717, 1.165) is 11.4 Å². The van der Waals surface area contributed by atoms with Crippen LogP contribution in [0.2, 0.25) is 0 Å². The summed E-state index contributed by atoms with van der Waals surface area (Å²) in [5.74, 6) is 1.76. The molecule has 27 heavy (non-hydrogen) atoms. The predicted molar refractivity (Wildman–Crippen MR) is 111 cm³/mol. The molecule has 0 aliphatic rings. The maximum Gasteiger partial charge on any atom is 0.265 e. The van der Waals surface area contributed by atoms with Gasteiger partial charge in [-0.3, -0.25) is 4.79 Å². The predicted octanol–water partition coefficient (Wildman–Crippen LogP) is 5.42. The molecular weight excluding hydrogens is 338 g/mol. The number of anilines is 1. The summed E-state index contributed by atoms with van der Waals surface area (Å²) >= 11 is 0. The molecule has 1 atom stereocenters. The Kier molecular flexibility index (Phi) is 6.89. The van der Waals surface area contributed by atoms with Gasteiger partial charge in [-0.05, 0) is 60.2 Å². The Morgan fingerprint density at radius 1 is 0.926 bits per heavy atom. The molecule has 0 saturated carbocycles. The number of hydrogen-bond donors (Lipinski definition) is 1. The summed E-state index contributed by atoms with van der Waals surface area (Å²) in [5.41, 5.74) is 2.04. The molecule has 0 aliphatic heterocycles. The molecule has 0 aromatic heterocycles. The van der Waals surface area contributed by atoms with Gasteiger partial charge in [-0.2, -0.15) is 0 Å². The van der Waals surface area contributed by atoms with Gasteiger partial charge in [0.1, 0.15) is 11.5 Å². The average Bonchev–Trinajstić information content (AvgIpc) is 2.60. The number of benzene rings is 2. The number of carbonyl (C=O) groups excluding carboxylic acids is 1. The standard InChI is InChI=1S/C23H31NO3/c1-16(2)15-26-20-13-9-19(10-14-20)24-22(25)17(3)27-21-11-7-18(8-12-21)23(4,5)6/h7-14,16-17H,15H2,1-6H3,(H,24,25). The summed E-state index contributed by atoms with van der Waals surface area (Å²) < 4.78 is 11.4. The summed E-state index contributed by atoms with van der Waals surface area (Å²) in [5, 5.41) is 2.87. The van der Waals surface area contributed by atoms with Crippen LogP contribution >= 0.6 is 0 Å². The van der Waals surface area contributed by atoms with E-state index < -0.39 is 6.10 Å². The van der Waals surface area contributed by atoms with Crippen molar-refractivity contribution in [2.75, 3.05) is 11.9 Å². The number of nitrogens with one attached hydrogen (secondary N) is 1. The third-order valence-corrected chi connectivity index (χ3v) is 4.11. The number of hydrogen-bond acceptors (Lipinski definition) is 3. The van der Waals surface area contributed by atoms with Crippen molar-refractivity contribution in [3.8, 4) is 11.5 Å². The molecule has 1 amide bonds. The minimum atomic E-state index is -0.595. The maximum atomic E-state index is 12.4. The first-order valence-corrected chi connectivity index (χ1v) is 9.46. The van der Waals surface area contributed by atoms with Crippen LogP contribution in [0.1, 0.15) is 47.1 Å². The molecular formula is C23H31NO3. The number of carbonyl (C=O) groups is 1. The van der Waals surface area contributed by atoms with Crippen molar-refractivity contribution in [3.05, 3.63) is 54.1 Å². The largest absolute Gasteiger partial charge is 0.493 e. The summed E-state index contributed by atoms with van der Waals surface area (Å²) in [6.07, 6.45) is -0.595. The van der Waals surface area contributed by atoms with Crippen LogP contribution in [0.25, 0.3) is 0 Å². The molecule has 0 radical (unpaired) electrons. The Hall–Kier alpha value is -2.49. The molecule has 1 unspecified atom stereocenters. The summed E-state index contributed by atoms with van der Waals surface area (Å²) in [4.78, 5) is 12.4. The SMILES string of the molecule is CC(C)COc1ccc(NC(=O)C(C)Oc2ccc(C(C)(C)C)cc2)cc1. The molecule has 2 aromatic carbocycles. The van der Waals surface area contributed by atoms with E-state index in [0.29, 0.717) is 18.3 Å². The van der Waals surface area contributed by atoms with E-state index in [1.165, 1.54) is 5.56 Å². The van der Waals surface area contributed by atoms with Crippen molar-refractivity contribution >= 4 is 11.6 Å². The van der Waals surface area contributed by atoms with E-state index in [2.05, 4.69) is 39.9 Å². The van der Waals surface area contributed by atoms with E-state index in [1.54, 1.807) is 6.92 Å². The Morgan fingerprint density at radius 3 is 2.00 bits per heavy atom. The van der Waals surface area contributed by atoms with Gasteiger partial charge in [-0.25, -0.2) is 0 Å². The third kappa shape index (κ3) is 6.63. The Bertz CT molecular complexity index is 728. The minimum Gasteiger partial charge on any atom is -0.493 e. The molecule has 4 heteroatoms. The maximum absolute atomic E-state index is 12.4. The monoisotopic (exact) mass is 369 g/mol. The Labute approximate surface area is 162 Å². The van der Waals surface area contributed by atoms with Gasteiger partial charge in [-0.1, -0.05) is 46.8 Å². The number of ether oxygens (including phenoxy) is 2. The molecule has 0 heterocycles. The first kappa shape index (κ1) is 20.8. The van der Waals surface area contributed by atoms with Crippen molar-refractivity contribution in [1.82, 2.24) is 0 Å². The zero-order valence-electron chi connectivity index (χ0n) is 17.2. The molecule has 1 N–H and O–H groups in total. The van der Waals surface area contributed by atoms with Gasteiger partial charge in [0.15, 0.2) is 6.10 Å². The molecule has 0 spiro atoms. The zero-order valence-corrected chi connectivity index (χ0v) is 17.2. The molecule has 2 rings (SSSR count). The van der Waals surface area contributed by atoms with Crippen LogP contribution in [-0.2, 0) is 10.2 Å². The van der Waals surface area contributed by atoms with E-state index >= 15 is 0 Å². The van der Waals surface area contributed by atoms with Crippen molar-refractivity contribution < 1.29 is 14.3 Å². The van der Waals surface area contributed by atoms with Crippen LogP contribution in [0.4, 0.5) is 5.69 Å². The molecule has 0 aliphatic carbocycles. The molecule has 0 fully saturated rings. The van der Waals surface area contributed by atoms with Gasteiger partial charge in [0, 0.05) is 5.69 Å². The highest BCUT2D eigenvalue weighted by Crippen LogP contribution is 2.25. The second-order valence-electron chi connectivity index (χ2n) is 8.25. The van der Waals surface area contributed by atoms with Crippen LogP contribution in [0, 0.1) is 5.92 Å². The van der Waals surface area contributed by atoms with Crippen molar-refractivity contribution in [1.29, 1.82) is 0 Å². The molecule has 4 nitrogen and oxygen atoms in total. The lowest BCUT2D eigenvalue weighted by Gasteiger charge is -2.20. The van der Waals surface area contributed by atoms with Crippen molar-refractivity contribution in [3.63, 3.8) is 0 Å². The van der Waals surface area contributed by atoms with E-state index in [-0.39, 0.29) is 11.3 Å². The summed E-state index contributed by atoms with van der Waals surface area (Å²) in [7, 11) is 0. The highest BCUT2D eigenvalue weighted by atomic mass is 16.5. The Balaban J connectivity index is 1.89. The fourth-order valence-corrected chi connectivity index (χ4v) is 2.43. The third-order valence-electron chi connectivity index (χ3n) is 4.11. The van der Waals surface area contributed by atoms with Crippen LogP contribution in [0.15, 0.2) is 48.5 Å². The summed E-state index contributed by atoms with van der Waals surface area (Å²) in [6, 6.07) is 15.3. The molecule has 146 valence electrons. The second-order valence-corrected chi connectivity index (χ2v) is 8.25. The quantitative estimate of drug-likeness (QED) is 0.708. The van der Waals surface area contributed by atoms with Crippen molar-refractivity contribution in [2.24, 2.45) is 5.92 Å². The fourth-order valence-electron chi connectivity index (χ4n) is 2.43. The van der Waals surface area contributed by atoms with Crippen molar-refractivity contribution in [2.45, 2.75) is 53.1 Å². The lowest BCUT2D eigenvalue weighted by Crippen LogP contribution is -2.30. The minimum absolute atomic E-state index is 0.0898. The van der Waals surface area contributed by atoms with Crippen LogP contribution in [0.3, 0.4) is 0 Å². The molecule has 0 saturated heterocycles. The average molecular weight is 370 g/mol.